The third kappa shape index (κ3) is 3.22. The lowest BCUT2D eigenvalue weighted by molar-refractivity contribution is -0.141. The van der Waals surface area contributed by atoms with E-state index < -0.39 is 0 Å². The average Bonchev–Trinajstić information content (AvgIpc) is 2.48. The van der Waals surface area contributed by atoms with Crippen LogP contribution in [-0.4, -0.2) is 30.6 Å². The minimum Gasteiger partial charge on any atom is -0.469 e. The van der Waals surface area contributed by atoms with Gasteiger partial charge < -0.3 is 9.64 Å². The van der Waals surface area contributed by atoms with E-state index in [4.69, 9.17) is 10.00 Å². The van der Waals surface area contributed by atoms with Gasteiger partial charge in [0.25, 0.3) is 0 Å². The first kappa shape index (κ1) is 13.3. The van der Waals surface area contributed by atoms with Gasteiger partial charge >= 0.3 is 5.97 Å². The molecule has 1 aliphatic rings. The van der Waals surface area contributed by atoms with Crippen LogP contribution in [-0.2, 0) is 9.53 Å². The van der Waals surface area contributed by atoms with Gasteiger partial charge in [-0.25, -0.2) is 4.98 Å². The number of nitrogens with zero attached hydrogens (tertiary/aromatic N) is 3. The molecule has 0 aromatic carbocycles. The van der Waals surface area contributed by atoms with Crippen LogP contribution in [0.2, 0.25) is 0 Å². The molecule has 1 aromatic rings. The van der Waals surface area contributed by atoms with E-state index in [0.717, 1.165) is 31.6 Å². The molecule has 1 unspecified atom stereocenters. The molecule has 0 bridgehead atoms. The van der Waals surface area contributed by atoms with Crippen molar-refractivity contribution >= 4 is 11.8 Å². The second-order valence-corrected chi connectivity index (χ2v) is 4.64. The molecule has 0 saturated carbocycles. The van der Waals surface area contributed by atoms with Crippen LogP contribution in [0.15, 0.2) is 18.3 Å². The van der Waals surface area contributed by atoms with Crippen LogP contribution < -0.4 is 4.90 Å². The predicted molar refractivity (Wildman–Crippen MR) is 70.6 cm³/mol. The van der Waals surface area contributed by atoms with Gasteiger partial charge in [0.1, 0.15) is 11.9 Å². The van der Waals surface area contributed by atoms with Gasteiger partial charge in [0, 0.05) is 18.8 Å². The quantitative estimate of drug-likeness (QED) is 0.775. The number of ether oxygens (including phenoxy) is 1. The molecule has 1 saturated heterocycles. The summed E-state index contributed by atoms with van der Waals surface area (Å²) in [4.78, 5) is 17.9. The highest BCUT2D eigenvalue weighted by molar-refractivity contribution is 5.70. The molecule has 2 rings (SSSR count). The first-order valence-electron chi connectivity index (χ1n) is 6.44. The molecule has 0 amide bonds. The Labute approximate surface area is 112 Å². The minimum absolute atomic E-state index is 0.140. The molecule has 1 aromatic heterocycles. The summed E-state index contributed by atoms with van der Waals surface area (Å²) in [6.07, 6.45) is 5.14. The van der Waals surface area contributed by atoms with Crippen LogP contribution in [0.4, 0.5) is 5.82 Å². The van der Waals surface area contributed by atoms with Crippen molar-refractivity contribution < 1.29 is 9.53 Å². The van der Waals surface area contributed by atoms with Crippen LogP contribution in [0.5, 0.6) is 0 Å². The summed E-state index contributed by atoms with van der Waals surface area (Å²) < 4.78 is 4.74. The lowest BCUT2D eigenvalue weighted by Crippen LogP contribution is -2.41. The summed E-state index contributed by atoms with van der Waals surface area (Å²) in [5, 5.41) is 8.78. The lowest BCUT2D eigenvalue weighted by atomic mass is 9.99. The molecule has 0 N–H and O–H groups in total. The summed E-state index contributed by atoms with van der Waals surface area (Å²) in [5.74, 6) is 0.637. The molecular weight excluding hydrogens is 242 g/mol. The first-order valence-corrected chi connectivity index (χ1v) is 6.44. The normalized spacial score (nSPS) is 18.7. The molecule has 0 spiro atoms. The zero-order valence-corrected chi connectivity index (χ0v) is 11.0. The molecule has 19 heavy (non-hydrogen) atoms. The molecule has 100 valence electrons. The van der Waals surface area contributed by atoms with Gasteiger partial charge in [-0.1, -0.05) is 0 Å². The maximum atomic E-state index is 11.4. The molecule has 5 nitrogen and oxygen atoms in total. The summed E-state index contributed by atoms with van der Waals surface area (Å²) >= 11 is 0. The van der Waals surface area contributed by atoms with Gasteiger partial charge in [-0.3, -0.25) is 4.79 Å². The molecule has 5 heteroatoms. The number of carbonyl (C=O) groups is 1. The molecule has 1 aliphatic heterocycles. The standard InChI is InChI=1S/C14H17N3O2/c1-19-14(18)8-12-4-2-3-7-17(12)13-6-5-11(9-15)10-16-13/h5-6,10,12H,2-4,7-8H2,1H3. The number of aromatic nitrogens is 1. The molecule has 0 radical (unpaired) electrons. The largest absolute Gasteiger partial charge is 0.469 e. The third-order valence-electron chi connectivity index (χ3n) is 3.43. The molecule has 1 atom stereocenters. The van der Waals surface area contributed by atoms with E-state index in [1.165, 1.54) is 7.11 Å². The Balaban J connectivity index is 2.14. The summed E-state index contributed by atoms with van der Waals surface area (Å²) in [7, 11) is 1.41. The zero-order chi connectivity index (χ0) is 13.7. The number of rotatable bonds is 3. The number of pyridine rings is 1. The monoisotopic (exact) mass is 259 g/mol. The van der Waals surface area contributed by atoms with E-state index in [1.807, 2.05) is 6.07 Å². The van der Waals surface area contributed by atoms with E-state index in [1.54, 1.807) is 12.3 Å². The van der Waals surface area contributed by atoms with Crippen LogP contribution in [0.25, 0.3) is 0 Å². The number of hydrogen-bond donors (Lipinski definition) is 0. The smallest absolute Gasteiger partial charge is 0.307 e. The van der Waals surface area contributed by atoms with Crippen molar-refractivity contribution in [3.8, 4) is 6.07 Å². The van der Waals surface area contributed by atoms with E-state index in [9.17, 15) is 4.79 Å². The van der Waals surface area contributed by atoms with Crippen molar-refractivity contribution in [1.29, 1.82) is 5.26 Å². The highest BCUT2D eigenvalue weighted by Gasteiger charge is 2.26. The Morgan fingerprint density at radius 2 is 2.42 bits per heavy atom. The van der Waals surface area contributed by atoms with Crippen molar-refractivity contribution in [2.45, 2.75) is 31.7 Å². The minimum atomic E-state index is -0.189. The second-order valence-electron chi connectivity index (χ2n) is 4.64. The number of carbonyl (C=O) groups excluding carboxylic acids is 1. The number of nitriles is 1. The predicted octanol–water partition coefficient (Wildman–Crippen LogP) is 1.88. The van der Waals surface area contributed by atoms with Crippen molar-refractivity contribution in [3.05, 3.63) is 23.9 Å². The van der Waals surface area contributed by atoms with E-state index >= 15 is 0 Å². The molecular formula is C14H17N3O2. The Morgan fingerprint density at radius 1 is 1.58 bits per heavy atom. The third-order valence-corrected chi connectivity index (χ3v) is 3.43. The number of esters is 1. The number of hydrogen-bond acceptors (Lipinski definition) is 5. The Bertz CT molecular complexity index is 478. The SMILES string of the molecule is COC(=O)CC1CCCCN1c1ccc(C#N)cn1. The molecule has 2 heterocycles. The Hall–Kier alpha value is -2.09. The second kappa shape index (κ2) is 6.19. The van der Waals surface area contributed by atoms with Gasteiger partial charge in [-0.05, 0) is 31.4 Å². The Morgan fingerprint density at radius 3 is 3.05 bits per heavy atom. The summed E-state index contributed by atoms with van der Waals surface area (Å²) in [6.45, 7) is 0.889. The van der Waals surface area contributed by atoms with Gasteiger partial charge in [-0.15, -0.1) is 0 Å². The number of methoxy groups -OCH3 is 1. The highest BCUT2D eigenvalue weighted by atomic mass is 16.5. The summed E-state index contributed by atoms with van der Waals surface area (Å²) in [6, 6.07) is 5.79. The highest BCUT2D eigenvalue weighted by Crippen LogP contribution is 2.25. The van der Waals surface area contributed by atoms with E-state index in [2.05, 4.69) is 16.0 Å². The maximum Gasteiger partial charge on any atom is 0.307 e. The van der Waals surface area contributed by atoms with Crippen molar-refractivity contribution in [3.63, 3.8) is 0 Å². The van der Waals surface area contributed by atoms with Gasteiger partial charge in [-0.2, -0.15) is 5.26 Å². The fourth-order valence-corrected chi connectivity index (χ4v) is 2.41. The fourth-order valence-electron chi connectivity index (χ4n) is 2.41. The first-order chi connectivity index (χ1) is 9.24. The van der Waals surface area contributed by atoms with E-state index in [-0.39, 0.29) is 12.0 Å². The van der Waals surface area contributed by atoms with Crippen LogP contribution in [0.3, 0.4) is 0 Å². The zero-order valence-electron chi connectivity index (χ0n) is 11.0. The van der Waals surface area contributed by atoms with Crippen LogP contribution >= 0.6 is 0 Å². The lowest BCUT2D eigenvalue weighted by Gasteiger charge is -2.36. The van der Waals surface area contributed by atoms with E-state index in [0.29, 0.717) is 12.0 Å². The van der Waals surface area contributed by atoms with Gasteiger partial charge in [0.05, 0.1) is 19.1 Å². The average molecular weight is 259 g/mol. The van der Waals surface area contributed by atoms with Crippen molar-refractivity contribution in [2.24, 2.45) is 0 Å². The number of anilines is 1. The van der Waals surface area contributed by atoms with Gasteiger partial charge in [0.15, 0.2) is 0 Å². The summed E-state index contributed by atoms with van der Waals surface area (Å²) in [5.41, 5.74) is 0.547. The fraction of sp³-hybridized carbons (Fsp3) is 0.500. The Kier molecular flexibility index (Phi) is 4.35. The molecule has 0 aliphatic carbocycles. The van der Waals surface area contributed by atoms with Crippen LogP contribution in [0.1, 0.15) is 31.2 Å². The number of piperidine rings is 1. The molecule has 1 fully saturated rings. The van der Waals surface area contributed by atoms with Crippen LogP contribution in [0, 0.1) is 11.3 Å². The van der Waals surface area contributed by atoms with Gasteiger partial charge in [0.2, 0.25) is 0 Å². The van der Waals surface area contributed by atoms with Crippen molar-refractivity contribution in [1.82, 2.24) is 4.98 Å². The maximum absolute atomic E-state index is 11.4. The topological polar surface area (TPSA) is 66.2 Å². The van der Waals surface area contributed by atoms with Crippen molar-refractivity contribution in [2.75, 3.05) is 18.6 Å².